The third-order valence-electron chi connectivity index (χ3n) is 4.25. The quantitative estimate of drug-likeness (QED) is 0.758. The fourth-order valence-corrected chi connectivity index (χ4v) is 4.81. The first-order chi connectivity index (χ1) is 7.90. The first-order valence-corrected chi connectivity index (χ1v) is 8.30. The van der Waals surface area contributed by atoms with Crippen LogP contribution in [0.15, 0.2) is 0 Å². The normalized spacial score (nSPS) is 25.3. The standard InChI is InChI=1S/C14H27NS/c1-2-15-14(12-7-3-4-8-12)11-16-13-9-5-6-10-13/h12-15H,2-11H2,1H3. The molecule has 0 heterocycles. The van der Waals surface area contributed by atoms with Gasteiger partial charge in [0, 0.05) is 17.0 Å². The molecule has 0 aromatic rings. The lowest BCUT2D eigenvalue weighted by Gasteiger charge is -2.25. The molecule has 0 spiro atoms. The summed E-state index contributed by atoms with van der Waals surface area (Å²) in [6, 6.07) is 0.804. The molecule has 0 radical (unpaired) electrons. The Balaban J connectivity index is 1.72. The van der Waals surface area contributed by atoms with E-state index in [1.165, 1.54) is 57.1 Å². The molecule has 2 fully saturated rings. The van der Waals surface area contributed by atoms with Crippen LogP contribution in [-0.4, -0.2) is 23.6 Å². The van der Waals surface area contributed by atoms with Gasteiger partial charge in [0.25, 0.3) is 0 Å². The molecule has 1 unspecified atom stereocenters. The van der Waals surface area contributed by atoms with Crippen LogP contribution in [0.4, 0.5) is 0 Å². The zero-order valence-electron chi connectivity index (χ0n) is 10.7. The van der Waals surface area contributed by atoms with Crippen LogP contribution in [0.5, 0.6) is 0 Å². The average molecular weight is 241 g/mol. The van der Waals surface area contributed by atoms with Gasteiger partial charge >= 0.3 is 0 Å². The summed E-state index contributed by atoms with van der Waals surface area (Å²) in [6.45, 7) is 3.40. The minimum atomic E-state index is 0.804. The number of thioether (sulfide) groups is 1. The molecule has 1 atom stereocenters. The summed E-state index contributed by atoms with van der Waals surface area (Å²) in [6.07, 6.45) is 11.8. The fraction of sp³-hybridized carbons (Fsp3) is 1.00. The van der Waals surface area contributed by atoms with Crippen molar-refractivity contribution in [1.29, 1.82) is 0 Å². The van der Waals surface area contributed by atoms with Crippen LogP contribution in [0.2, 0.25) is 0 Å². The summed E-state index contributed by atoms with van der Waals surface area (Å²) in [4.78, 5) is 0. The van der Waals surface area contributed by atoms with Crippen molar-refractivity contribution in [2.45, 2.75) is 69.6 Å². The van der Waals surface area contributed by atoms with Crippen LogP contribution in [0.25, 0.3) is 0 Å². The van der Waals surface area contributed by atoms with Gasteiger partial charge in [-0.2, -0.15) is 11.8 Å². The van der Waals surface area contributed by atoms with Crippen molar-refractivity contribution in [3.8, 4) is 0 Å². The van der Waals surface area contributed by atoms with E-state index in [0.717, 1.165) is 23.8 Å². The van der Waals surface area contributed by atoms with Gasteiger partial charge in [-0.15, -0.1) is 0 Å². The van der Waals surface area contributed by atoms with Crippen molar-refractivity contribution < 1.29 is 0 Å². The number of hydrogen-bond donors (Lipinski definition) is 1. The largest absolute Gasteiger partial charge is 0.313 e. The van der Waals surface area contributed by atoms with E-state index in [4.69, 9.17) is 0 Å². The van der Waals surface area contributed by atoms with Crippen molar-refractivity contribution >= 4 is 11.8 Å². The predicted molar refractivity (Wildman–Crippen MR) is 74.1 cm³/mol. The lowest BCUT2D eigenvalue weighted by atomic mass is 10.00. The summed E-state index contributed by atoms with van der Waals surface area (Å²) in [7, 11) is 0. The Morgan fingerprint density at radius 3 is 2.31 bits per heavy atom. The Morgan fingerprint density at radius 1 is 1.06 bits per heavy atom. The molecular weight excluding hydrogens is 214 g/mol. The maximum Gasteiger partial charge on any atom is 0.0186 e. The van der Waals surface area contributed by atoms with Crippen molar-refractivity contribution in [2.24, 2.45) is 5.92 Å². The molecule has 16 heavy (non-hydrogen) atoms. The van der Waals surface area contributed by atoms with Gasteiger partial charge in [0.15, 0.2) is 0 Å². The maximum atomic E-state index is 3.73. The van der Waals surface area contributed by atoms with E-state index < -0.39 is 0 Å². The highest BCUT2D eigenvalue weighted by atomic mass is 32.2. The fourth-order valence-electron chi connectivity index (χ4n) is 3.28. The lowest BCUT2D eigenvalue weighted by Crippen LogP contribution is -2.37. The highest BCUT2D eigenvalue weighted by Gasteiger charge is 2.25. The maximum absolute atomic E-state index is 3.73. The summed E-state index contributed by atoms with van der Waals surface area (Å²) in [5.74, 6) is 2.34. The Kier molecular flexibility index (Phi) is 5.51. The van der Waals surface area contributed by atoms with E-state index in [-0.39, 0.29) is 0 Å². The van der Waals surface area contributed by atoms with Crippen LogP contribution in [0.1, 0.15) is 58.3 Å². The first kappa shape index (κ1) is 12.8. The van der Waals surface area contributed by atoms with Crippen molar-refractivity contribution in [2.75, 3.05) is 12.3 Å². The second-order valence-electron chi connectivity index (χ2n) is 5.45. The third-order valence-corrected chi connectivity index (χ3v) is 5.74. The molecular formula is C14H27NS. The highest BCUT2D eigenvalue weighted by molar-refractivity contribution is 7.99. The van der Waals surface area contributed by atoms with E-state index in [9.17, 15) is 0 Å². The van der Waals surface area contributed by atoms with E-state index in [0.29, 0.717) is 0 Å². The molecule has 1 N–H and O–H groups in total. The van der Waals surface area contributed by atoms with Crippen LogP contribution in [-0.2, 0) is 0 Å². The molecule has 0 aromatic carbocycles. The van der Waals surface area contributed by atoms with Gasteiger partial charge in [0.1, 0.15) is 0 Å². The topological polar surface area (TPSA) is 12.0 Å². The van der Waals surface area contributed by atoms with Crippen LogP contribution in [0.3, 0.4) is 0 Å². The van der Waals surface area contributed by atoms with Crippen LogP contribution >= 0.6 is 11.8 Å². The monoisotopic (exact) mass is 241 g/mol. The first-order valence-electron chi connectivity index (χ1n) is 7.25. The van der Waals surface area contributed by atoms with Gasteiger partial charge in [-0.1, -0.05) is 32.6 Å². The zero-order valence-corrected chi connectivity index (χ0v) is 11.5. The Bertz CT molecular complexity index is 183. The SMILES string of the molecule is CCNC(CSC1CCCC1)C1CCCC1. The molecule has 0 aliphatic heterocycles. The van der Waals surface area contributed by atoms with Crippen molar-refractivity contribution in [1.82, 2.24) is 5.32 Å². The predicted octanol–water partition coefficient (Wildman–Crippen LogP) is 3.83. The molecule has 94 valence electrons. The summed E-state index contributed by atoms with van der Waals surface area (Å²) < 4.78 is 0. The molecule has 1 nitrogen and oxygen atoms in total. The molecule has 0 aromatic heterocycles. The molecule has 0 amide bonds. The molecule has 2 rings (SSSR count). The molecule has 2 saturated carbocycles. The van der Waals surface area contributed by atoms with Gasteiger partial charge in [0.2, 0.25) is 0 Å². The molecule has 0 saturated heterocycles. The van der Waals surface area contributed by atoms with E-state index in [1.54, 1.807) is 0 Å². The van der Waals surface area contributed by atoms with Crippen LogP contribution < -0.4 is 5.32 Å². The van der Waals surface area contributed by atoms with Crippen molar-refractivity contribution in [3.05, 3.63) is 0 Å². The third kappa shape index (κ3) is 3.66. The number of nitrogens with one attached hydrogen (secondary N) is 1. The number of rotatable bonds is 6. The Labute approximate surface area is 105 Å². The molecule has 2 aliphatic carbocycles. The minimum absolute atomic E-state index is 0.804. The lowest BCUT2D eigenvalue weighted by molar-refractivity contribution is 0.394. The Morgan fingerprint density at radius 2 is 1.69 bits per heavy atom. The van der Waals surface area contributed by atoms with Gasteiger partial charge in [-0.25, -0.2) is 0 Å². The second kappa shape index (κ2) is 6.90. The van der Waals surface area contributed by atoms with E-state index in [1.807, 2.05) is 0 Å². The highest BCUT2D eigenvalue weighted by Crippen LogP contribution is 2.33. The van der Waals surface area contributed by atoms with Gasteiger partial charge < -0.3 is 5.32 Å². The second-order valence-corrected chi connectivity index (χ2v) is 6.78. The van der Waals surface area contributed by atoms with Crippen LogP contribution in [0, 0.1) is 5.92 Å². The zero-order chi connectivity index (χ0) is 11.2. The van der Waals surface area contributed by atoms with Gasteiger partial charge in [0.05, 0.1) is 0 Å². The summed E-state index contributed by atoms with van der Waals surface area (Å²) >= 11 is 2.26. The van der Waals surface area contributed by atoms with Gasteiger partial charge in [-0.05, 0) is 38.1 Å². The number of hydrogen-bond acceptors (Lipinski definition) is 2. The van der Waals surface area contributed by atoms with Crippen molar-refractivity contribution in [3.63, 3.8) is 0 Å². The molecule has 2 heteroatoms. The minimum Gasteiger partial charge on any atom is -0.313 e. The van der Waals surface area contributed by atoms with Gasteiger partial charge in [-0.3, -0.25) is 0 Å². The smallest absolute Gasteiger partial charge is 0.0186 e. The van der Waals surface area contributed by atoms with E-state index >= 15 is 0 Å². The average Bonchev–Trinajstić information content (AvgIpc) is 2.96. The van der Waals surface area contributed by atoms with E-state index in [2.05, 4.69) is 24.0 Å². The molecule has 2 aliphatic rings. The Hall–Kier alpha value is 0.310. The summed E-state index contributed by atoms with van der Waals surface area (Å²) in [5, 5.41) is 4.72. The molecule has 0 bridgehead atoms. The summed E-state index contributed by atoms with van der Waals surface area (Å²) in [5.41, 5.74) is 0.